The van der Waals surface area contributed by atoms with Crippen molar-refractivity contribution in [3.8, 4) is 17.2 Å². The smallest absolute Gasteiger partial charge is 0.379 e. The molecule has 158 valence electrons. The average molecular weight is 447 g/mol. The van der Waals surface area contributed by atoms with E-state index in [0.717, 1.165) is 10.9 Å². The molecule has 1 aromatic heterocycles. The molecule has 0 saturated heterocycles. The van der Waals surface area contributed by atoms with Crippen LogP contribution in [0, 0.1) is 0 Å². The molecule has 7 heteroatoms. The van der Waals surface area contributed by atoms with Crippen LogP contribution in [-0.4, -0.2) is 18.9 Å². The molecule has 0 unspecified atom stereocenters. The molecule has 0 bridgehead atoms. The van der Waals surface area contributed by atoms with Gasteiger partial charge in [0.1, 0.15) is 11.5 Å². The van der Waals surface area contributed by atoms with E-state index in [1.165, 1.54) is 19.2 Å². The lowest BCUT2D eigenvalue weighted by molar-refractivity contribution is 0.0703. The van der Waals surface area contributed by atoms with Crippen LogP contribution in [0.4, 0.5) is 0 Å². The number of para-hydroxylation sites is 1. The molecule has 0 saturated carbocycles. The van der Waals surface area contributed by atoms with Gasteiger partial charge in [-0.3, -0.25) is 4.79 Å². The van der Waals surface area contributed by atoms with Gasteiger partial charge in [0.25, 0.3) is 0 Å². The van der Waals surface area contributed by atoms with E-state index >= 15 is 0 Å². The summed E-state index contributed by atoms with van der Waals surface area (Å²) in [5, 5.41) is 1.27. The molecule has 4 aromatic rings. The Morgan fingerprint density at radius 3 is 2.69 bits per heavy atom. The number of halogens is 1. The van der Waals surface area contributed by atoms with Gasteiger partial charge in [0.15, 0.2) is 17.1 Å². The normalized spacial score (nSPS) is 13.8. The number of hydrogen-bond donors (Lipinski definition) is 0. The van der Waals surface area contributed by atoms with Crippen molar-refractivity contribution < 1.29 is 28.2 Å². The lowest BCUT2D eigenvalue weighted by atomic mass is 10.1. The standard InChI is InChI=1S/C25H15ClO6/c1-29-19-7-3-5-15-12-22(32-24(15)19)25(28)30-17-8-9-18-20(13-17)31-21(23(18)27)11-14-4-2-6-16(26)10-14/h2-13H,1H3/b21-11-. The van der Waals surface area contributed by atoms with Crippen molar-refractivity contribution >= 4 is 40.4 Å². The van der Waals surface area contributed by atoms with E-state index in [-0.39, 0.29) is 23.1 Å². The van der Waals surface area contributed by atoms with Crippen molar-refractivity contribution in [2.24, 2.45) is 0 Å². The molecule has 0 amide bonds. The van der Waals surface area contributed by atoms with E-state index in [4.69, 9.17) is 30.2 Å². The zero-order chi connectivity index (χ0) is 22.2. The molecule has 3 aromatic carbocycles. The second-order valence-electron chi connectivity index (χ2n) is 7.03. The van der Waals surface area contributed by atoms with Crippen LogP contribution in [0.3, 0.4) is 0 Å². The first kappa shape index (κ1) is 19.9. The van der Waals surface area contributed by atoms with Gasteiger partial charge in [0.05, 0.1) is 12.7 Å². The van der Waals surface area contributed by atoms with Crippen LogP contribution in [0.1, 0.15) is 26.5 Å². The van der Waals surface area contributed by atoms with Crippen LogP contribution in [0.25, 0.3) is 17.0 Å². The first-order chi connectivity index (χ1) is 15.5. The van der Waals surface area contributed by atoms with E-state index in [0.29, 0.717) is 27.7 Å². The van der Waals surface area contributed by atoms with Crippen molar-refractivity contribution in [1.82, 2.24) is 0 Å². The first-order valence-corrected chi connectivity index (χ1v) is 10.0. The van der Waals surface area contributed by atoms with Crippen LogP contribution < -0.4 is 14.2 Å². The number of benzene rings is 3. The maximum Gasteiger partial charge on any atom is 0.379 e. The maximum atomic E-state index is 12.6. The Labute approximate surface area is 187 Å². The van der Waals surface area contributed by atoms with Crippen molar-refractivity contribution in [2.45, 2.75) is 0 Å². The number of ether oxygens (including phenoxy) is 3. The Balaban J connectivity index is 1.38. The molecule has 0 fully saturated rings. The zero-order valence-electron chi connectivity index (χ0n) is 16.8. The molecule has 5 rings (SSSR count). The Hall–Kier alpha value is -4.03. The summed E-state index contributed by atoms with van der Waals surface area (Å²) in [6, 6.07) is 18.6. The number of allylic oxidation sites excluding steroid dienone is 1. The minimum atomic E-state index is -0.679. The molecular weight excluding hydrogens is 432 g/mol. The van der Waals surface area contributed by atoms with E-state index in [1.54, 1.807) is 54.6 Å². The highest BCUT2D eigenvalue weighted by molar-refractivity contribution is 6.30. The van der Waals surface area contributed by atoms with Crippen molar-refractivity contribution in [2.75, 3.05) is 7.11 Å². The molecule has 32 heavy (non-hydrogen) atoms. The summed E-state index contributed by atoms with van der Waals surface area (Å²) >= 11 is 6.00. The number of methoxy groups -OCH3 is 1. The van der Waals surface area contributed by atoms with Gasteiger partial charge in [0, 0.05) is 16.5 Å². The van der Waals surface area contributed by atoms with Gasteiger partial charge in [-0.15, -0.1) is 0 Å². The number of Topliss-reactive ketones (excluding diaryl/α,β-unsaturated/α-hetero) is 1. The van der Waals surface area contributed by atoms with Gasteiger partial charge >= 0.3 is 5.97 Å². The predicted octanol–water partition coefficient (Wildman–Crippen LogP) is 5.93. The molecule has 1 aliphatic heterocycles. The highest BCUT2D eigenvalue weighted by Crippen LogP contribution is 2.35. The van der Waals surface area contributed by atoms with Crippen LogP contribution in [-0.2, 0) is 0 Å². The molecule has 2 heterocycles. The third-order valence-electron chi connectivity index (χ3n) is 4.93. The fraction of sp³-hybridized carbons (Fsp3) is 0.0400. The SMILES string of the molecule is COc1cccc2cc(C(=O)Oc3ccc4c(c3)O/C(=C\c3cccc(Cl)c3)C4=O)oc12. The fourth-order valence-electron chi connectivity index (χ4n) is 3.43. The summed E-state index contributed by atoms with van der Waals surface area (Å²) in [6.07, 6.45) is 1.61. The number of rotatable bonds is 4. The zero-order valence-corrected chi connectivity index (χ0v) is 17.5. The van der Waals surface area contributed by atoms with Gasteiger partial charge in [-0.1, -0.05) is 35.9 Å². The number of hydrogen-bond acceptors (Lipinski definition) is 6. The Morgan fingerprint density at radius 1 is 1.03 bits per heavy atom. The van der Waals surface area contributed by atoms with Crippen LogP contribution in [0.2, 0.25) is 5.02 Å². The number of carbonyl (C=O) groups excluding carboxylic acids is 2. The summed E-state index contributed by atoms with van der Waals surface area (Å²) < 4.78 is 22.0. The number of fused-ring (bicyclic) bond motifs is 2. The van der Waals surface area contributed by atoms with Gasteiger partial charge < -0.3 is 18.6 Å². The lowest BCUT2D eigenvalue weighted by Crippen LogP contribution is -2.07. The minimum Gasteiger partial charge on any atom is -0.493 e. The molecule has 6 nitrogen and oxygen atoms in total. The molecule has 1 aliphatic rings. The van der Waals surface area contributed by atoms with Gasteiger partial charge in [-0.05, 0) is 48.0 Å². The molecule has 0 spiro atoms. The third-order valence-corrected chi connectivity index (χ3v) is 5.16. The molecule has 0 aliphatic carbocycles. The molecule has 0 atom stereocenters. The number of esters is 1. The summed E-state index contributed by atoms with van der Waals surface area (Å²) in [5.74, 6) is 0.297. The van der Waals surface area contributed by atoms with Crippen molar-refractivity contribution in [3.05, 3.63) is 94.4 Å². The number of ketones is 1. The largest absolute Gasteiger partial charge is 0.493 e. The highest BCUT2D eigenvalue weighted by atomic mass is 35.5. The molecule has 0 N–H and O–H groups in total. The van der Waals surface area contributed by atoms with E-state index < -0.39 is 5.97 Å². The summed E-state index contributed by atoms with van der Waals surface area (Å²) in [7, 11) is 1.52. The van der Waals surface area contributed by atoms with Crippen molar-refractivity contribution in [1.29, 1.82) is 0 Å². The second kappa shape index (κ2) is 7.90. The van der Waals surface area contributed by atoms with E-state index in [2.05, 4.69) is 0 Å². The quantitative estimate of drug-likeness (QED) is 0.220. The molecular formula is C25H15ClO6. The monoisotopic (exact) mass is 446 g/mol. The third kappa shape index (κ3) is 3.61. The Bertz CT molecular complexity index is 1420. The number of carbonyl (C=O) groups is 2. The van der Waals surface area contributed by atoms with Gasteiger partial charge in [0.2, 0.25) is 11.5 Å². The topological polar surface area (TPSA) is 75.0 Å². The van der Waals surface area contributed by atoms with Crippen LogP contribution in [0.5, 0.6) is 17.2 Å². The average Bonchev–Trinajstić information content (AvgIpc) is 3.35. The van der Waals surface area contributed by atoms with Crippen LogP contribution >= 0.6 is 11.6 Å². The Morgan fingerprint density at radius 2 is 1.88 bits per heavy atom. The minimum absolute atomic E-state index is 0.0311. The van der Waals surface area contributed by atoms with E-state index in [1.807, 2.05) is 6.07 Å². The summed E-state index contributed by atoms with van der Waals surface area (Å²) in [5.41, 5.74) is 1.58. The summed E-state index contributed by atoms with van der Waals surface area (Å²) in [6.45, 7) is 0. The predicted molar refractivity (Wildman–Crippen MR) is 119 cm³/mol. The van der Waals surface area contributed by atoms with E-state index in [9.17, 15) is 9.59 Å². The first-order valence-electron chi connectivity index (χ1n) is 9.64. The van der Waals surface area contributed by atoms with Crippen LogP contribution in [0.15, 0.2) is 76.9 Å². The number of furan rings is 1. The highest BCUT2D eigenvalue weighted by Gasteiger charge is 2.28. The maximum absolute atomic E-state index is 12.6. The second-order valence-corrected chi connectivity index (χ2v) is 7.47. The summed E-state index contributed by atoms with van der Waals surface area (Å²) in [4.78, 5) is 25.2. The lowest BCUT2D eigenvalue weighted by Gasteiger charge is -2.04. The van der Waals surface area contributed by atoms with Gasteiger partial charge in [-0.25, -0.2) is 4.79 Å². The Kier molecular flexibility index (Phi) is 4.92. The van der Waals surface area contributed by atoms with Gasteiger partial charge in [-0.2, -0.15) is 0 Å². The van der Waals surface area contributed by atoms with Crippen molar-refractivity contribution in [3.63, 3.8) is 0 Å². The fourth-order valence-corrected chi connectivity index (χ4v) is 3.63. The molecule has 0 radical (unpaired) electrons.